The zero-order chi connectivity index (χ0) is 16.9. The van der Waals surface area contributed by atoms with E-state index in [0.717, 1.165) is 38.2 Å². The number of likely N-dealkylation sites (tertiary alicyclic amines) is 1. The zero-order valence-electron chi connectivity index (χ0n) is 14.8. The molecular formula is C19H29NO3. The third kappa shape index (κ3) is 5.45. The average Bonchev–Trinajstić information content (AvgIpc) is 2.96. The van der Waals surface area contributed by atoms with E-state index in [1.165, 1.54) is 5.56 Å². The van der Waals surface area contributed by atoms with Gasteiger partial charge in [0.05, 0.1) is 6.61 Å². The number of hydrogen-bond donors (Lipinski definition) is 0. The summed E-state index contributed by atoms with van der Waals surface area (Å²) in [7, 11) is 0. The van der Waals surface area contributed by atoms with E-state index in [-0.39, 0.29) is 6.09 Å². The molecule has 1 aromatic rings. The smallest absolute Gasteiger partial charge is 0.410 e. The number of hydrogen-bond acceptors (Lipinski definition) is 3. The first-order chi connectivity index (χ1) is 10.9. The SMILES string of the molecule is CCCCOc1cccc(C2CCN(C(=O)OC(C)(C)C)C2)c1. The van der Waals surface area contributed by atoms with Crippen LogP contribution in [0.2, 0.25) is 0 Å². The van der Waals surface area contributed by atoms with Crippen molar-refractivity contribution >= 4 is 6.09 Å². The largest absolute Gasteiger partial charge is 0.494 e. The fourth-order valence-electron chi connectivity index (χ4n) is 2.72. The molecule has 1 atom stereocenters. The maximum absolute atomic E-state index is 12.2. The highest BCUT2D eigenvalue weighted by atomic mass is 16.6. The molecule has 1 aromatic carbocycles. The molecule has 23 heavy (non-hydrogen) atoms. The summed E-state index contributed by atoms with van der Waals surface area (Å²) in [6.07, 6.45) is 2.96. The van der Waals surface area contributed by atoms with E-state index in [4.69, 9.17) is 9.47 Å². The first-order valence-corrected chi connectivity index (χ1v) is 8.59. The lowest BCUT2D eigenvalue weighted by atomic mass is 9.98. The van der Waals surface area contributed by atoms with Crippen LogP contribution in [0, 0.1) is 0 Å². The predicted octanol–water partition coefficient (Wildman–Crippen LogP) is 4.59. The number of carbonyl (C=O) groups excluding carboxylic acids is 1. The van der Waals surface area contributed by atoms with Gasteiger partial charge in [0.1, 0.15) is 11.4 Å². The number of ether oxygens (including phenoxy) is 2. The fraction of sp³-hybridized carbons (Fsp3) is 0.632. The van der Waals surface area contributed by atoms with Gasteiger partial charge in [-0.05, 0) is 51.3 Å². The molecule has 4 nitrogen and oxygen atoms in total. The summed E-state index contributed by atoms with van der Waals surface area (Å²) in [6.45, 7) is 10.1. The van der Waals surface area contributed by atoms with Gasteiger partial charge in [-0.3, -0.25) is 0 Å². The van der Waals surface area contributed by atoms with Gasteiger partial charge in [0.15, 0.2) is 0 Å². The molecule has 1 aliphatic rings. The van der Waals surface area contributed by atoms with Gasteiger partial charge in [-0.15, -0.1) is 0 Å². The maximum atomic E-state index is 12.2. The Hall–Kier alpha value is -1.71. The summed E-state index contributed by atoms with van der Waals surface area (Å²) < 4.78 is 11.2. The van der Waals surface area contributed by atoms with Crippen molar-refractivity contribution in [2.45, 2.75) is 58.5 Å². The van der Waals surface area contributed by atoms with E-state index in [2.05, 4.69) is 19.1 Å². The molecule has 1 unspecified atom stereocenters. The second kappa shape index (κ2) is 7.71. The first-order valence-electron chi connectivity index (χ1n) is 8.59. The minimum atomic E-state index is -0.442. The molecular weight excluding hydrogens is 290 g/mol. The van der Waals surface area contributed by atoms with Gasteiger partial charge in [-0.2, -0.15) is 0 Å². The molecule has 1 saturated heterocycles. The van der Waals surface area contributed by atoms with E-state index >= 15 is 0 Å². The molecule has 0 radical (unpaired) electrons. The zero-order valence-corrected chi connectivity index (χ0v) is 14.8. The number of rotatable bonds is 5. The van der Waals surface area contributed by atoms with Crippen LogP contribution in [0.3, 0.4) is 0 Å². The highest BCUT2D eigenvalue weighted by Gasteiger charge is 2.30. The maximum Gasteiger partial charge on any atom is 0.410 e. The van der Waals surface area contributed by atoms with Crippen LogP contribution in [0.4, 0.5) is 4.79 Å². The number of amides is 1. The summed E-state index contributed by atoms with van der Waals surface area (Å²) >= 11 is 0. The Morgan fingerprint density at radius 3 is 2.83 bits per heavy atom. The number of carbonyl (C=O) groups is 1. The molecule has 4 heteroatoms. The van der Waals surface area contributed by atoms with Gasteiger partial charge < -0.3 is 14.4 Å². The minimum Gasteiger partial charge on any atom is -0.494 e. The van der Waals surface area contributed by atoms with Crippen LogP contribution in [-0.4, -0.2) is 36.3 Å². The normalized spacial score (nSPS) is 18.1. The Labute approximate surface area is 139 Å². The van der Waals surface area contributed by atoms with Crippen molar-refractivity contribution in [2.75, 3.05) is 19.7 Å². The molecule has 2 rings (SSSR count). The number of unbranched alkanes of at least 4 members (excludes halogenated alkanes) is 1. The van der Waals surface area contributed by atoms with E-state index in [1.54, 1.807) is 4.90 Å². The number of nitrogens with zero attached hydrogens (tertiary/aromatic N) is 1. The summed E-state index contributed by atoms with van der Waals surface area (Å²) in [6, 6.07) is 8.27. The van der Waals surface area contributed by atoms with Crippen molar-refractivity contribution in [3.05, 3.63) is 29.8 Å². The van der Waals surface area contributed by atoms with Crippen LogP contribution in [0.15, 0.2) is 24.3 Å². The topological polar surface area (TPSA) is 38.8 Å². The van der Waals surface area contributed by atoms with Crippen LogP contribution < -0.4 is 4.74 Å². The molecule has 0 aromatic heterocycles. The average molecular weight is 319 g/mol. The molecule has 1 fully saturated rings. The molecule has 128 valence electrons. The van der Waals surface area contributed by atoms with Gasteiger partial charge >= 0.3 is 6.09 Å². The van der Waals surface area contributed by atoms with Crippen molar-refractivity contribution in [1.82, 2.24) is 4.90 Å². The van der Waals surface area contributed by atoms with E-state index in [0.29, 0.717) is 12.5 Å². The number of benzene rings is 1. The van der Waals surface area contributed by atoms with Crippen molar-refractivity contribution in [3.8, 4) is 5.75 Å². The third-order valence-electron chi connectivity index (χ3n) is 3.94. The van der Waals surface area contributed by atoms with E-state index in [9.17, 15) is 4.79 Å². The Morgan fingerprint density at radius 1 is 1.35 bits per heavy atom. The monoisotopic (exact) mass is 319 g/mol. The first kappa shape index (κ1) is 17.6. The van der Waals surface area contributed by atoms with Crippen LogP contribution in [0.25, 0.3) is 0 Å². The van der Waals surface area contributed by atoms with Gasteiger partial charge in [0, 0.05) is 19.0 Å². The Kier molecular flexibility index (Phi) is 5.91. The second-order valence-electron chi connectivity index (χ2n) is 7.19. The minimum absolute atomic E-state index is 0.213. The fourth-order valence-corrected chi connectivity index (χ4v) is 2.72. The Bertz CT molecular complexity index is 522. The predicted molar refractivity (Wildman–Crippen MR) is 92.0 cm³/mol. The Morgan fingerprint density at radius 2 is 2.13 bits per heavy atom. The molecule has 0 N–H and O–H groups in total. The highest BCUT2D eigenvalue weighted by molar-refractivity contribution is 5.68. The van der Waals surface area contributed by atoms with Crippen LogP contribution in [0.1, 0.15) is 58.4 Å². The quantitative estimate of drug-likeness (QED) is 0.745. The Balaban J connectivity index is 1.93. The summed E-state index contributed by atoms with van der Waals surface area (Å²) in [5.74, 6) is 1.28. The van der Waals surface area contributed by atoms with Gasteiger partial charge in [-0.1, -0.05) is 25.5 Å². The summed E-state index contributed by atoms with van der Waals surface area (Å²) in [4.78, 5) is 14.0. The van der Waals surface area contributed by atoms with E-state index in [1.807, 2.05) is 32.9 Å². The van der Waals surface area contributed by atoms with Crippen molar-refractivity contribution < 1.29 is 14.3 Å². The lowest BCUT2D eigenvalue weighted by Crippen LogP contribution is -2.35. The molecule has 1 aliphatic heterocycles. The van der Waals surface area contributed by atoms with Crippen molar-refractivity contribution in [3.63, 3.8) is 0 Å². The van der Waals surface area contributed by atoms with Gasteiger partial charge in [0.25, 0.3) is 0 Å². The third-order valence-corrected chi connectivity index (χ3v) is 3.94. The molecule has 0 bridgehead atoms. The summed E-state index contributed by atoms with van der Waals surface area (Å²) in [5.41, 5.74) is 0.799. The van der Waals surface area contributed by atoms with E-state index < -0.39 is 5.60 Å². The van der Waals surface area contributed by atoms with Crippen LogP contribution in [0.5, 0.6) is 5.75 Å². The van der Waals surface area contributed by atoms with Gasteiger partial charge in [-0.25, -0.2) is 4.79 Å². The highest BCUT2D eigenvalue weighted by Crippen LogP contribution is 2.30. The standard InChI is InChI=1S/C19H29NO3/c1-5-6-12-22-17-9-7-8-15(13-17)16-10-11-20(14-16)18(21)23-19(2,3)4/h7-9,13,16H,5-6,10-12,14H2,1-4H3. The van der Waals surface area contributed by atoms with Crippen molar-refractivity contribution in [1.29, 1.82) is 0 Å². The lowest BCUT2D eigenvalue weighted by Gasteiger charge is -2.24. The van der Waals surface area contributed by atoms with Gasteiger partial charge in [0.2, 0.25) is 0 Å². The second-order valence-corrected chi connectivity index (χ2v) is 7.19. The molecule has 1 heterocycles. The molecule has 1 amide bonds. The summed E-state index contributed by atoms with van der Waals surface area (Å²) in [5, 5.41) is 0. The van der Waals surface area contributed by atoms with Crippen LogP contribution >= 0.6 is 0 Å². The molecule has 0 spiro atoms. The molecule has 0 saturated carbocycles. The lowest BCUT2D eigenvalue weighted by molar-refractivity contribution is 0.0292. The molecule has 0 aliphatic carbocycles. The van der Waals surface area contributed by atoms with Crippen LogP contribution in [-0.2, 0) is 4.74 Å². The van der Waals surface area contributed by atoms with Crippen molar-refractivity contribution in [2.24, 2.45) is 0 Å².